The Hall–Kier alpha value is -1.69. The number of hydrogen-bond donors (Lipinski definition) is 0. The highest BCUT2D eigenvalue weighted by Crippen LogP contribution is 2.28. The highest BCUT2D eigenvalue weighted by atomic mass is 79.9. The topological polar surface area (TPSA) is 55.2 Å². The Balaban J connectivity index is 1.74. The molecule has 6 heteroatoms. The molecule has 2 aromatic rings. The lowest BCUT2D eigenvalue weighted by Crippen LogP contribution is -2.37. The van der Waals surface area contributed by atoms with Crippen LogP contribution in [0, 0.1) is 5.92 Å². The van der Waals surface area contributed by atoms with Gasteiger partial charge in [-0.05, 0) is 37.0 Å². The van der Waals surface area contributed by atoms with Gasteiger partial charge < -0.3 is 4.90 Å². The van der Waals surface area contributed by atoms with E-state index in [0.717, 1.165) is 23.9 Å². The molecule has 0 atom stereocenters. The van der Waals surface area contributed by atoms with E-state index in [1.54, 1.807) is 6.07 Å². The Morgan fingerprint density at radius 1 is 1.42 bits per heavy atom. The lowest BCUT2D eigenvalue weighted by molar-refractivity contribution is -0.132. The van der Waals surface area contributed by atoms with Gasteiger partial charge >= 0.3 is 0 Å². The molecule has 1 aliphatic rings. The number of carbonyl (C=O) groups excluding carboxylic acids is 1. The second-order valence-electron chi connectivity index (χ2n) is 6.83. The van der Waals surface area contributed by atoms with Gasteiger partial charge in [-0.1, -0.05) is 29.8 Å². The first kappa shape index (κ1) is 17.1. The predicted molar refractivity (Wildman–Crippen MR) is 97.9 cm³/mol. The summed E-state index contributed by atoms with van der Waals surface area (Å²) in [6.07, 6.45) is 4.08. The van der Waals surface area contributed by atoms with Gasteiger partial charge in [0.1, 0.15) is 0 Å². The number of amides is 1. The van der Waals surface area contributed by atoms with Crippen molar-refractivity contribution in [3.63, 3.8) is 0 Å². The van der Waals surface area contributed by atoms with Gasteiger partial charge in [-0.15, -0.1) is 0 Å². The second kappa shape index (κ2) is 7.05. The molecule has 0 bridgehead atoms. The van der Waals surface area contributed by atoms with Gasteiger partial charge in [0.2, 0.25) is 5.91 Å². The molecule has 1 fully saturated rings. The summed E-state index contributed by atoms with van der Waals surface area (Å²) in [5, 5.41) is 0.570. The van der Waals surface area contributed by atoms with Crippen molar-refractivity contribution in [1.82, 2.24) is 14.5 Å². The number of aryl methyl sites for hydroxylation is 1. The zero-order valence-electron chi connectivity index (χ0n) is 14.0. The molecule has 1 saturated carbocycles. The van der Waals surface area contributed by atoms with E-state index in [4.69, 9.17) is 0 Å². The third kappa shape index (κ3) is 3.86. The number of hydrogen-bond acceptors (Lipinski definition) is 3. The smallest absolute Gasteiger partial charge is 0.261 e. The van der Waals surface area contributed by atoms with Crippen molar-refractivity contribution in [3.05, 3.63) is 39.4 Å². The number of nitrogens with zero attached hydrogens (tertiary/aromatic N) is 3. The SMILES string of the molecule is CC(C)CN(C(=O)CCn1cnc2ccc(Br)cc2c1=O)C1CC1. The third-order valence-electron chi connectivity index (χ3n) is 4.22. The molecule has 0 N–H and O–H groups in total. The van der Waals surface area contributed by atoms with Crippen LogP contribution in [0.3, 0.4) is 0 Å². The average molecular weight is 392 g/mol. The van der Waals surface area contributed by atoms with E-state index < -0.39 is 0 Å². The van der Waals surface area contributed by atoms with Crippen molar-refractivity contribution in [2.24, 2.45) is 5.92 Å². The van der Waals surface area contributed by atoms with Gasteiger partial charge in [0.25, 0.3) is 5.56 Å². The van der Waals surface area contributed by atoms with E-state index in [0.29, 0.717) is 35.8 Å². The Labute approximate surface area is 149 Å². The number of aromatic nitrogens is 2. The number of benzene rings is 1. The van der Waals surface area contributed by atoms with Gasteiger partial charge in [0.05, 0.1) is 17.2 Å². The second-order valence-corrected chi connectivity index (χ2v) is 7.74. The maximum atomic E-state index is 12.6. The third-order valence-corrected chi connectivity index (χ3v) is 4.72. The van der Waals surface area contributed by atoms with E-state index in [2.05, 4.69) is 34.8 Å². The van der Waals surface area contributed by atoms with Crippen LogP contribution in [0.25, 0.3) is 10.9 Å². The summed E-state index contributed by atoms with van der Waals surface area (Å²) in [7, 11) is 0. The van der Waals surface area contributed by atoms with Crippen LogP contribution in [-0.4, -0.2) is 32.9 Å². The molecule has 0 unspecified atom stereocenters. The van der Waals surface area contributed by atoms with Crippen molar-refractivity contribution in [2.45, 2.75) is 45.7 Å². The number of carbonyl (C=O) groups is 1. The zero-order valence-corrected chi connectivity index (χ0v) is 15.6. The van der Waals surface area contributed by atoms with Crippen LogP contribution in [0.1, 0.15) is 33.1 Å². The monoisotopic (exact) mass is 391 g/mol. The maximum Gasteiger partial charge on any atom is 0.261 e. The van der Waals surface area contributed by atoms with Crippen molar-refractivity contribution in [3.8, 4) is 0 Å². The molecule has 128 valence electrons. The largest absolute Gasteiger partial charge is 0.339 e. The van der Waals surface area contributed by atoms with Gasteiger partial charge in [0, 0.05) is 30.0 Å². The van der Waals surface area contributed by atoms with Crippen LogP contribution in [0.2, 0.25) is 0 Å². The van der Waals surface area contributed by atoms with Crippen LogP contribution in [0.5, 0.6) is 0 Å². The molecule has 24 heavy (non-hydrogen) atoms. The molecule has 1 aliphatic carbocycles. The van der Waals surface area contributed by atoms with Gasteiger partial charge in [-0.25, -0.2) is 4.98 Å². The van der Waals surface area contributed by atoms with E-state index in [-0.39, 0.29) is 11.5 Å². The minimum absolute atomic E-state index is 0.101. The van der Waals surface area contributed by atoms with Crippen LogP contribution in [0.15, 0.2) is 33.8 Å². The molecule has 0 spiro atoms. The van der Waals surface area contributed by atoms with Crippen molar-refractivity contribution < 1.29 is 4.79 Å². The van der Waals surface area contributed by atoms with E-state index in [1.165, 1.54) is 10.9 Å². The molecule has 1 heterocycles. The lowest BCUT2D eigenvalue weighted by atomic mass is 10.2. The molecular weight excluding hydrogens is 370 g/mol. The molecular formula is C18H22BrN3O2. The van der Waals surface area contributed by atoms with Crippen LogP contribution >= 0.6 is 15.9 Å². The Morgan fingerprint density at radius 2 is 2.17 bits per heavy atom. The quantitative estimate of drug-likeness (QED) is 0.759. The standard InChI is InChI=1S/C18H22BrN3O2/c1-12(2)10-22(14-4-5-14)17(23)7-8-21-11-20-16-6-3-13(19)9-15(16)18(21)24/h3,6,9,11-12,14H,4-5,7-8,10H2,1-2H3. The van der Waals surface area contributed by atoms with E-state index >= 15 is 0 Å². The van der Waals surface area contributed by atoms with Gasteiger partial charge in [-0.3, -0.25) is 14.2 Å². The summed E-state index contributed by atoms with van der Waals surface area (Å²) in [4.78, 5) is 31.4. The molecule has 0 radical (unpaired) electrons. The Bertz CT molecular complexity index is 812. The summed E-state index contributed by atoms with van der Waals surface area (Å²) in [5.41, 5.74) is 0.570. The van der Waals surface area contributed by atoms with Crippen LogP contribution in [0.4, 0.5) is 0 Å². The minimum atomic E-state index is -0.101. The molecule has 1 amide bonds. The van der Waals surface area contributed by atoms with E-state index in [9.17, 15) is 9.59 Å². The molecule has 1 aromatic carbocycles. The summed E-state index contributed by atoms with van der Waals surface area (Å²) in [6, 6.07) is 5.86. The molecule has 1 aromatic heterocycles. The molecule has 0 saturated heterocycles. The van der Waals surface area contributed by atoms with Gasteiger partial charge in [-0.2, -0.15) is 0 Å². The first-order valence-electron chi connectivity index (χ1n) is 8.40. The Kier molecular flexibility index (Phi) is 5.04. The zero-order chi connectivity index (χ0) is 17.3. The first-order chi connectivity index (χ1) is 11.5. The van der Waals surface area contributed by atoms with Crippen LogP contribution in [-0.2, 0) is 11.3 Å². The number of fused-ring (bicyclic) bond motifs is 1. The fraction of sp³-hybridized carbons (Fsp3) is 0.500. The predicted octanol–water partition coefficient (Wildman–Crippen LogP) is 3.20. The molecule has 3 rings (SSSR count). The molecule has 5 nitrogen and oxygen atoms in total. The normalized spacial score (nSPS) is 14.3. The highest BCUT2D eigenvalue weighted by molar-refractivity contribution is 9.10. The fourth-order valence-electron chi connectivity index (χ4n) is 2.88. The first-order valence-corrected chi connectivity index (χ1v) is 9.19. The summed E-state index contributed by atoms with van der Waals surface area (Å²) < 4.78 is 2.38. The molecule has 0 aliphatic heterocycles. The Morgan fingerprint density at radius 3 is 2.83 bits per heavy atom. The van der Waals surface area contributed by atoms with Crippen molar-refractivity contribution in [1.29, 1.82) is 0 Å². The van der Waals surface area contributed by atoms with Gasteiger partial charge in [0.15, 0.2) is 0 Å². The average Bonchev–Trinajstić information content (AvgIpc) is 3.37. The van der Waals surface area contributed by atoms with Crippen molar-refractivity contribution in [2.75, 3.05) is 6.54 Å². The highest BCUT2D eigenvalue weighted by Gasteiger charge is 2.32. The lowest BCUT2D eigenvalue weighted by Gasteiger charge is -2.24. The number of halogens is 1. The minimum Gasteiger partial charge on any atom is -0.339 e. The summed E-state index contributed by atoms with van der Waals surface area (Å²) in [5.74, 6) is 0.587. The van der Waals surface area contributed by atoms with Crippen molar-refractivity contribution >= 4 is 32.7 Å². The maximum absolute atomic E-state index is 12.6. The summed E-state index contributed by atoms with van der Waals surface area (Å²) >= 11 is 3.38. The van der Waals surface area contributed by atoms with Crippen LogP contribution < -0.4 is 5.56 Å². The van der Waals surface area contributed by atoms with E-state index in [1.807, 2.05) is 17.0 Å². The number of rotatable bonds is 6. The fourth-order valence-corrected chi connectivity index (χ4v) is 3.25. The summed E-state index contributed by atoms with van der Waals surface area (Å²) in [6.45, 7) is 5.41.